The summed E-state index contributed by atoms with van der Waals surface area (Å²) in [7, 11) is 0. The Kier molecular flexibility index (Phi) is 3.45. The Hall–Kier alpha value is -0.383. The molecule has 0 saturated carbocycles. The van der Waals surface area contributed by atoms with Crippen molar-refractivity contribution < 1.29 is 5.11 Å². The average Bonchev–Trinajstić information content (AvgIpc) is 1.77. The molecule has 0 spiro atoms. The molecule has 0 unspecified atom stereocenters. The topological polar surface area (TPSA) is 20.2 Å². The molecule has 0 atom stereocenters. The van der Waals surface area contributed by atoms with Crippen LogP contribution in [0.25, 0.3) is 0 Å². The fourth-order valence-electron chi connectivity index (χ4n) is 0.563. The van der Waals surface area contributed by atoms with E-state index in [2.05, 4.69) is 0 Å². The molecule has 1 nitrogen and oxygen atoms in total. The third kappa shape index (κ3) is 2.13. The molecule has 0 aliphatic carbocycles. The maximum atomic E-state index is 8.92. The number of benzene rings is 1. The normalized spacial score (nSPS) is 8.11. The van der Waals surface area contributed by atoms with Crippen LogP contribution in [0.1, 0.15) is 5.56 Å². The standard InChI is InChI=1S/C7H8O.Li.H/c1-6-4-2-3-5-7(6)8;;/h2-5,8H,1H3;;. The van der Waals surface area contributed by atoms with E-state index in [1.54, 1.807) is 6.07 Å². The molecule has 44 valence electrons. The van der Waals surface area contributed by atoms with Crippen LogP contribution < -0.4 is 0 Å². The first kappa shape index (κ1) is 8.62. The quantitative estimate of drug-likeness (QED) is 0.502. The zero-order valence-electron chi connectivity index (χ0n) is 4.76. The van der Waals surface area contributed by atoms with Crippen molar-refractivity contribution in [1.29, 1.82) is 0 Å². The van der Waals surface area contributed by atoms with Crippen LogP contribution in [0, 0.1) is 6.92 Å². The number of aromatic hydroxyl groups is 1. The van der Waals surface area contributed by atoms with Crippen molar-refractivity contribution in [1.82, 2.24) is 0 Å². The molecule has 1 rings (SSSR count). The van der Waals surface area contributed by atoms with E-state index in [-0.39, 0.29) is 18.9 Å². The molecule has 0 fully saturated rings. The van der Waals surface area contributed by atoms with Crippen LogP contribution in [0.15, 0.2) is 24.3 Å². The summed E-state index contributed by atoms with van der Waals surface area (Å²) in [5.74, 6) is 0.368. The monoisotopic (exact) mass is 116 g/mol. The summed E-state index contributed by atoms with van der Waals surface area (Å²) in [4.78, 5) is 0. The minimum atomic E-state index is 0. The number of rotatable bonds is 0. The van der Waals surface area contributed by atoms with Crippen LogP contribution in [-0.4, -0.2) is 24.0 Å². The second-order valence-corrected chi connectivity index (χ2v) is 1.79. The first-order chi connectivity index (χ1) is 3.80. The molecule has 1 aromatic rings. The fourth-order valence-corrected chi connectivity index (χ4v) is 0.563. The van der Waals surface area contributed by atoms with E-state index in [1.807, 2.05) is 25.1 Å². The molecule has 0 aromatic heterocycles. The van der Waals surface area contributed by atoms with Gasteiger partial charge < -0.3 is 5.11 Å². The Morgan fingerprint density at radius 1 is 1.22 bits per heavy atom. The summed E-state index contributed by atoms with van der Waals surface area (Å²) in [5, 5.41) is 8.92. The first-order valence-corrected chi connectivity index (χ1v) is 2.55. The summed E-state index contributed by atoms with van der Waals surface area (Å²) in [6, 6.07) is 7.25. The summed E-state index contributed by atoms with van der Waals surface area (Å²) in [6.07, 6.45) is 0. The van der Waals surface area contributed by atoms with Gasteiger partial charge in [0.2, 0.25) is 0 Å². The molecule has 0 heterocycles. The van der Waals surface area contributed by atoms with E-state index in [0.717, 1.165) is 5.56 Å². The van der Waals surface area contributed by atoms with Gasteiger partial charge in [-0.15, -0.1) is 0 Å². The Bertz CT molecular complexity index is 165. The number of hydrogen-bond acceptors (Lipinski definition) is 1. The molecule has 0 saturated heterocycles. The molecule has 0 aliphatic heterocycles. The molecule has 1 aromatic carbocycles. The van der Waals surface area contributed by atoms with Gasteiger partial charge in [0, 0.05) is 0 Å². The summed E-state index contributed by atoms with van der Waals surface area (Å²) in [6.45, 7) is 1.87. The molecule has 0 amide bonds. The molecule has 0 bridgehead atoms. The third-order valence-corrected chi connectivity index (χ3v) is 1.12. The molecular formula is C7H9LiO. The van der Waals surface area contributed by atoms with E-state index in [4.69, 9.17) is 5.11 Å². The predicted octanol–water partition coefficient (Wildman–Crippen LogP) is 1.05. The van der Waals surface area contributed by atoms with Gasteiger partial charge in [-0.2, -0.15) is 0 Å². The number of para-hydroxylation sites is 1. The fraction of sp³-hybridized carbons (Fsp3) is 0.143. The Labute approximate surface area is 66.9 Å². The van der Waals surface area contributed by atoms with Gasteiger partial charge in [0.25, 0.3) is 0 Å². The summed E-state index contributed by atoms with van der Waals surface area (Å²) < 4.78 is 0. The van der Waals surface area contributed by atoms with Crippen LogP contribution in [0.5, 0.6) is 5.75 Å². The van der Waals surface area contributed by atoms with E-state index in [0.29, 0.717) is 5.75 Å². The van der Waals surface area contributed by atoms with Crippen molar-refractivity contribution in [3.05, 3.63) is 29.8 Å². The van der Waals surface area contributed by atoms with Crippen LogP contribution in [0.4, 0.5) is 0 Å². The Balaban J connectivity index is 0.000000640. The minimum absolute atomic E-state index is 0. The first-order valence-electron chi connectivity index (χ1n) is 2.55. The van der Waals surface area contributed by atoms with E-state index in [1.165, 1.54) is 0 Å². The molecule has 2 heteroatoms. The van der Waals surface area contributed by atoms with Crippen LogP contribution in [-0.2, 0) is 0 Å². The van der Waals surface area contributed by atoms with Crippen molar-refractivity contribution in [2.45, 2.75) is 6.92 Å². The summed E-state index contributed by atoms with van der Waals surface area (Å²) in [5.41, 5.74) is 0.924. The van der Waals surface area contributed by atoms with Crippen molar-refractivity contribution in [3.8, 4) is 5.75 Å². The van der Waals surface area contributed by atoms with Gasteiger partial charge in [0.05, 0.1) is 0 Å². The van der Waals surface area contributed by atoms with E-state index < -0.39 is 0 Å². The second kappa shape index (κ2) is 3.61. The average molecular weight is 116 g/mol. The van der Waals surface area contributed by atoms with Crippen molar-refractivity contribution >= 4 is 18.9 Å². The van der Waals surface area contributed by atoms with Gasteiger partial charge in [-0.05, 0) is 18.6 Å². The Morgan fingerprint density at radius 2 is 1.78 bits per heavy atom. The molecular weight excluding hydrogens is 107 g/mol. The second-order valence-electron chi connectivity index (χ2n) is 1.79. The third-order valence-electron chi connectivity index (χ3n) is 1.12. The maximum absolute atomic E-state index is 8.92. The van der Waals surface area contributed by atoms with Crippen molar-refractivity contribution in [2.24, 2.45) is 0 Å². The summed E-state index contributed by atoms with van der Waals surface area (Å²) >= 11 is 0. The van der Waals surface area contributed by atoms with Crippen LogP contribution >= 0.6 is 0 Å². The SMILES string of the molecule is Cc1ccccc1O.[LiH]. The number of aryl methyl sites for hydroxylation is 1. The van der Waals surface area contributed by atoms with Gasteiger partial charge in [0.1, 0.15) is 5.75 Å². The molecule has 9 heavy (non-hydrogen) atoms. The molecule has 0 aliphatic rings. The van der Waals surface area contributed by atoms with Crippen molar-refractivity contribution in [3.63, 3.8) is 0 Å². The van der Waals surface area contributed by atoms with Crippen LogP contribution in [0.2, 0.25) is 0 Å². The van der Waals surface area contributed by atoms with Gasteiger partial charge in [-0.1, -0.05) is 18.2 Å². The van der Waals surface area contributed by atoms with E-state index >= 15 is 0 Å². The zero-order chi connectivity index (χ0) is 5.98. The predicted molar refractivity (Wildman–Crippen MR) is 40.0 cm³/mol. The van der Waals surface area contributed by atoms with Gasteiger partial charge in [-0.3, -0.25) is 0 Å². The number of phenols is 1. The number of phenolic OH excluding ortho intramolecular Hbond substituents is 1. The molecule has 0 radical (unpaired) electrons. The Morgan fingerprint density at radius 3 is 2.11 bits per heavy atom. The van der Waals surface area contributed by atoms with Gasteiger partial charge >= 0.3 is 18.9 Å². The van der Waals surface area contributed by atoms with E-state index in [9.17, 15) is 0 Å². The number of hydrogen-bond donors (Lipinski definition) is 1. The van der Waals surface area contributed by atoms with Crippen molar-refractivity contribution in [2.75, 3.05) is 0 Å². The van der Waals surface area contributed by atoms with Gasteiger partial charge in [0.15, 0.2) is 0 Å². The van der Waals surface area contributed by atoms with Gasteiger partial charge in [-0.25, -0.2) is 0 Å². The van der Waals surface area contributed by atoms with Crippen LogP contribution in [0.3, 0.4) is 0 Å². The zero-order valence-corrected chi connectivity index (χ0v) is 4.76. The molecule has 1 N–H and O–H groups in total.